The van der Waals surface area contributed by atoms with Crippen molar-refractivity contribution in [3.63, 3.8) is 0 Å². The van der Waals surface area contributed by atoms with Crippen LogP contribution in [-0.4, -0.2) is 31.5 Å². The minimum atomic E-state index is -0.210. The van der Waals surface area contributed by atoms with Gasteiger partial charge in [-0.25, -0.2) is 9.97 Å². The number of hydrogen-bond donors (Lipinski definition) is 3. The molecular formula is C23H28ClN7O. The van der Waals surface area contributed by atoms with Crippen LogP contribution in [0, 0.1) is 5.92 Å². The second-order valence-electron chi connectivity index (χ2n) is 8.85. The van der Waals surface area contributed by atoms with Gasteiger partial charge in [0.1, 0.15) is 5.52 Å². The Labute approximate surface area is 192 Å². The first-order chi connectivity index (χ1) is 15.6. The molecule has 0 unspecified atom stereocenters. The van der Waals surface area contributed by atoms with E-state index in [0.29, 0.717) is 23.0 Å². The molecule has 0 radical (unpaired) electrons. The van der Waals surface area contributed by atoms with Crippen molar-refractivity contribution in [3.8, 4) is 0 Å². The second-order valence-corrected chi connectivity index (χ2v) is 9.25. The third kappa shape index (κ3) is 4.24. The molecule has 8 nitrogen and oxygen atoms in total. The van der Waals surface area contributed by atoms with Crippen LogP contribution in [0.2, 0.25) is 5.02 Å². The van der Waals surface area contributed by atoms with Gasteiger partial charge in [0, 0.05) is 18.0 Å². The van der Waals surface area contributed by atoms with Crippen molar-refractivity contribution < 1.29 is 4.79 Å². The van der Waals surface area contributed by atoms with Crippen LogP contribution < -0.4 is 16.4 Å². The zero-order valence-corrected chi connectivity index (χ0v) is 18.7. The van der Waals surface area contributed by atoms with Crippen LogP contribution in [0.4, 0.5) is 17.6 Å². The number of imidazole rings is 1. The predicted octanol–water partition coefficient (Wildman–Crippen LogP) is 4.79. The van der Waals surface area contributed by atoms with Gasteiger partial charge in [-0.3, -0.25) is 9.36 Å². The Morgan fingerprint density at radius 2 is 1.81 bits per heavy atom. The first-order valence-corrected chi connectivity index (χ1v) is 11.8. The van der Waals surface area contributed by atoms with Gasteiger partial charge in [-0.15, -0.1) is 0 Å². The molecular weight excluding hydrogens is 426 g/mol. The van der Waals surface area contributed by atoms with Crippen molar-refractivity contribution in [2.75, 3.05) is 10.6 Å². The number of fused-ring (bicyclic) bond motifs is 1. The van der Waals surface area contributed by atoms with Crippen LogP contribution in [0.25, 0.3) is 11.2 Å². The molecule has 2 heterocycles. The fourth-order valence-corrected chi connectivity index (χ4v) is 5.13. The number of aromatic nitrogens is 4. The zero-order chi connectivity index (χ0) is 22.1. The molecule has 5 rings (SSSR count). The summed E-state index contributed by atoms with van der Waals surface area (Å²) in [5.41, 5.74) is 7.86. The minimum absolute atomic E-state index is 0.0600. The van der Waals surface area contributed by atoms with Crippen LogP contribution in [0.1, 0.15) is 57.4 Å². The summed E-state index contributed by atoms with van der Waals surface area (Å²) in [6.07, 6.45) is 9.78. The van der Waals surface area contributed by atoms with Gasteiger partial charge in [-0.2, -0.15) is 4.98 Å². The average molecular weight is 454 g/mol. The van der Waals surface area contributed by atoms with Crippen LogP contribution in [0.15, 0.2) is 30.5 Å². The maximum atomic E-state index is 11.7. The fourth-order valence-electron chi connectivity index (χ4n) is 4.95. The number of para-hydroxylation sites is 1. The molecule has 2 aromatic heterocycles. The summed E-state index contributed by atoms with van der Waals surface area (Å²) >= 11 is 6.40. The monoisotopic (exact) mass is 453 g/mol. The second kappa shape index (κ2) is 8.94. The highest BCUT2D eigenvalue weighted by atomic mass is 35.5. The Morgan fingerprint density at radius 3 is 2.53 bits per heavy atom. The summed E-state index contributed by atoms with van der Waals surface area (Å²) in [7, 11) is 0. The molecule has 0 atom stereocenters. The number of carbonyl (C=O) groups excluding carboxylic acids is 1. The third-order valence-electron chi connectivity index (χ3n) is 6.71. The molecule has 168 valence electrons. The van der Waals surface area contributed by atoms with Crippen molar-refractivity contribution in [2.45, 2.75) is 63.5 Å². The Morgan fingerprint density at radius 1 is 1.06 bits per heavy atom. The summed E-state index contributed by atoms with van der Waals surface area (Å²) in [6.45, 7) is 0. The number of nitrogens with zero attached hydrogens (tertiary/aromatic N) is 4. The van der Waals surface area contributed by atoms with Crippen molar-refractivity contribution in [3.05, 3.63) is 35.5 Å². The van der Waals surface area contributed by atoms with E-state index in [1.807, 2.05) is 24.3 Å². The molecule has 2 aliphatic rings. The van der Waals surface area contributed by atoms with Crippen LogP contribution in [0.3, 0.4) is 0 Å². The fraction of sp³-hybridized carbons (Fsp3) is 0.478. The van der Waals surface area contributed by atoms with Crippen LogP contribution in [0.5, 0.6) is 0 Å². The van der Waals surface area contributed by atoms with E-state index in [4.69, 9.17) is 27.3 Å². The topological polar surface area (TPSA) is 111 Å². The molecule has 1 aromatic carbocycles. The Kier molecular flexibility index (Phi) is 5.87. The van der Waals surface area contributed by atoms with Gasteiger partial charge >= 0.3 is 0 Å². The number of anilines is 3. The van der Waals surface area contributed by atoms with Gasteiger partial charge in [0.25, 0.3) is 0 Å². The minimum Gasteiger partial charge on any atom is -0.369 e. The van der Waals surface area contributed by atoms with Crippen LogP contribution >= 0.6 is 11.6 Å². The van der Waals surface area contributed by atoms with E-state index < -0.39 is 0 Å². The lowest BCUT2D eigenvalue weighted by Crippen LogP contribution is -2.28. The Bertz CT molecular complexity index is 1120. The van der Waals surface area contributed by atoms with Gasteiger partial charge in [0.2, 0.25) is 17.8 Å². The molecule has 3 aromatic rings. The first-order valence-electron chi connectivity index (χ1n) is 11.4. The third-order valence-corrected chi connectivity index (χ3v) is 7.04. The van der Waals surface area contributed by atoms with E-state index in [1.54, 1.807) is 6.20 Å². The van der Waals surface area contributed by atoms with E-state index in [2.05, 4.69) is 20.2 Å². The maximum Gasteiger partial charge on any atom is 0.224 e. The number of rotatable bonds is 6. The zero-order valence-electron chi connectivity index (χ0n) is 17.9. The highest BCUT2D eigenvalue weighted by molar-refractivity contribution is 6.33. The normalized spacial score (nSPS) is 21.7. The molecule has 4 N–H and O–H groups in total. The highest BCUT2D eigenvalue weighted by Gasteiger charge is 2.29. The van der Waals surface area contributed by atoms with Gasteiger partial charge in [0.15, 0.2) is 5.65 Å². The molecule has 2 aliphatic carbocycles. The molecule has 2 fully saturated rings. The molecule has 32 heavy (non-hydrogen) atoms. The van der Waals surface area contributed by atoms with Gasteiger partial charge in [0.05, 0.1) is 16.9 Å². The van der Waals surface area contributed by atoms with Crippen molar-refractivity contribution in [1.29, 1.82) is 0 Å². The van der Waals surface area contributed by atoms with Crippen molar-refractivity contribution in [1.82, 2.24) is 19.5 Å². The summed E-state index contributed by atoms with van der Waals surface area (Å²) in [4.78, 5) is 25.8. The number of halogens is 1. The number of benzene rings is 1. The van der Waals surface area contributed by atoms with E-state index in [-0.39, 0.29) is 17.9 Å². The number of nitrogens with two attached hydrogens (primary N) is 1. The maximum absolute atomic E-state index is 11.7. The average Bonchev–Trinajstić information content (AvgIpc) is 3.43. The van der Waals surface area contributed by atoms with E-state index >= 15 is 0 Å². The Hall–Kier alpha value is -2.87. The van der Waals surface area contributed by atoms with Crippen molar-refractivity contribution >= 4 is 46.3 Å². The largest absolute Gasteiger partial charge is 0.369 e. The molecule has 9 heteroatoms. The summed E-state index contributed by atoms with van der Waals surface area (Å²) < 4.78 is 2.15. The van der Waals surface area contributed by atoms with Gasteiger partial charge in [-0.1, -0.05) is 36.6 Å². The summed E-state index contributed by atoms with van der Waals surface area (Å²) in [6, 6.07) is 8.19. The molecule has 0 spiro atoms. The lowest BCUT2D eigenvalue weighted by molar-refractivity contribution is -0.122. The lowest BCUT2D eigenvalue weighted by Gasteiger charge is -2.29. The molecule has 0 aliphatic heterocycles. The smallest absolute Gasteiger partial charge is 0.224 e. The van der Waals surface area contributed by atoms with Gasteiger partial charge in [-0.05, 0) is 50.7 Å². The van der Waals surface area contributed by atoms with Gasteiger partial charge < -0.3 is 16.4 Å². The highest BCUT2D eigenvalue weighted by Crippen LogP contribution is 2.37. The van der Waals surface area contributed by atoms with Crippen LogP contribution in [-0.2, 0) is 4.79 Å². The molecule has 0 bridgehead atoms. The SMILES string of the molecule is NC(=O)[C@H]1CC[C@@H](n2c(Nc3ccccc3Cl)nc3cnc(NC4CCCC4)nc32)CC1. The number of primary amides is 1. The number of carbonyl (C=O) groups is 1. The number of nitrogens with one attached hydrogen (secondary N) is 2. The number of amides is 1. The van der Waals surface area contributed by atoms with E-state index in [0.717, 1.165) is 55.4 Å². The lowest BCUT2D eigenvalue weighted by atomic mass is 9.85. The van der Waals surface area contributed by atoms with E-state index in [1.165, 1.54) is 12.8 Å². The quantitative estimate of drug-likeness (QED) is 0.494. The summed E-state index contributed by atoms with van der Waals surface area (Å²) in [5.74, 6) is 1.05. The Balaban J connectivity index is 1.51. The summed E-state index contributed by atoms with van der Waals surface area (Å²) in [5, 5.41) is 7.50. The van der Waals surface area contributed by atoms with E-state index in [9.17, 15) is 4.79 Å². The number of hydrogen-bond acceptors (Lipinski definition) is 6. The van der Waals surface area contributed by atoms with Crippen molar-refractivity contribution in [2.24, 2.45) is 11.7 Å². The molecule has 2 saturated carbocycles. The first kappa shape index (κ1) is 21.0. The molecule has 0 saturated heterocycles. The standard InChI is InChI=1S/C23H28ClN7O/c24-17-7-3-4-8-18(17)28-23-29-19-13-26-22(27-15-5-1-2-6-15)30-21(19)31(23)16-11-9-14(10-12-16)20(25)32/h3-4,7-8,13-16H,1-2,5-6,9-12H2,(H2,25,32)(H,28,29)(H,26,27,30)/t14-,16+. The molecule has 1 amide bonds. The predicted molar refractivity (Wildman–Crippen MR) is 126 cm³/mol.